The summed E-state index contributed by atoms with van der Waals surface area (Å²) in [7, 11) is 0. The number of aryl methyl sites for hydroxylation is 1. The van der Waals surface area contributed by atoms with Crippen LogP contribution in [0.2, 0.25) is 0 Å². The average Bonchev–Trinajstić information content (AvgIpc) is 3.39. The van der Waals surface area contributed by atoms with Gasteiger partial charge in [-0.2, -0.15) is 5.10 Å². The molecule has 3 aromatic rings. The van der Waals surface area contributed by atoms with E-state index in [4.69, 9.17) is 18.6 Å². The molecule has 3 heterocycles. The number of ether oxygens (including phenoxy) is 3. The number of aliphatic hydroxyl groups is 1. The first-order valence-electron chi connectivity index (χ1n) is 8.69. The molecular weight excluding hydrogens is 350 g/mol. The van der Waals surface area contributed by atoms with Gasteiger partial charge in [0.2, 0.25) is 6.79 Å². The topological polar surface area (TPSA) is 102 Å². The minimum atomic E-state index is -0.656. The van der Waals surface area contributed by atoms with E-state index in [1.165, 1.54) is 0 Å². The minimum absolute atomic E-state index is 0.169. The van der Waals surface area contributed by atoms with Gasteiger partial charge in [-0.3, -0.25) is 5.10 Å². The van der Waals surface area contributed by atoms with E-state index in [2.05, 4.69) is 15.5 Å². The molecule has 0 saturated heterocycles. The molecule has 8 heteroatoms. The summed E-state index contributed by atoms with van der Waals surface area (Å²) >= 11 is 0. The van der Waals surface area contributed by atoms with Crippen LogP contribution >= 0.6 is 0 Å². The quantitative estimate of drug-likeness (QED) is 0.558. The van der Waals surface area contributed by atoms with Gasteiger partial charge in [-0.1, -0.05) is 0 Å². The Bertz CT molecular complexity index is 904. The van der Waals surface area contributed by atoms with Crippen molar-refractivity contribution in [2.75, 3.05) is 19.9 Å². The number of aromatic nitrogens is 2. The molecule has 27 heavy (non-hydrogen) atoms. The van der Waals surface area contributed by atoms with Gasteiger partial charge in [0.05, 0.1) is 6.20 Å². The average molecular weight is 371 g/mol. The highest BCUT2D eigenvalue weighted by atomic mass is 16.7. The Balaban J connectivity index is 1.24. The lowest BCUT2D eigenvalue weighted by Gasteiger charge is -2.13. The molecule has 1 atom stereocenters. The number of H-pyrrole nitrogens is 1. The normalized spacial score (nSPS) is 13.7. The van der Waals surface area contributed by atoms with Crippen LogP contribution < -0.4 is 19.5 Å². The van der Waals surface area contributed by atoms with E-state index in [1.807, 2.05) is 19.1 Å². The van der Waals surface area contributed by atoms with Crippen molar-refractivity contribution < 1.29 is 23.7 Å². The number of aromatic amines is 1. The van der Waals surface area contributed by atoms with Gasteiger partial charge in [0.25, 0.3) is 0 Å². The van der Waals surface area contributed by atoms with Crippen molar-refractivity contribution in [3.05, 3.63) is 47.9 Å². The number of hydrogen-bond donors (Lipinski definition) is 3. The largest absolute Gasteiger partial charge is 0.491 e. The van der Waals surface area contributed by atoms with Crippen molar-refractivity contribution in [2.45, 2.75) is 19.6 Å². The van der Waals surface area contributed by atoms with Gasteiger partial charge in [0.1, 0.15) is 29.9 Å². The second kappa shape index (κ2) is 7.73. The molecule has 0 amide bonds. The first-order valence-corrected chi connectivity index (χ1v) is 8.69. The van der Waals surface area contributed by atoms with Crippen LogP contribution in [0.15, 0.2) is 40.9 Å². The zero-order valence-corrected chi connectivity index (χ0v) is 14.9. The first kappa shape index (κ1) is 17.4. The van der Waals surface area contributed by atoms with Gasteiger partial charge in [-0.15, -0.1) is 0 Å². The van der Waals surface area contributed by atoms with Crippen LogP contribution in [0.4, 0.5) is 0 Å². The maximum Gasteiger partial charge on any atom is 0.231 e. The van der Waals surface area contributed by atoms with Crippen molar-refractivity contribution in [3.63, 3.8) is 0 Å². The van der Waals surface area contributed by atoms with E-state index in [9.17, 15) is 5.11 Å². The summed E-state index contributed by atoms with van der Waals surface area (Å²) in [5.41, 5.74) is 1.80. The SMILES string of the molecule is Cc1ccc(-c2[nH]ncc2CNC[C@H](O)COc2ccc3c(c2)OCO3)o1. The zero-order chi connectivity index (χ0) is 18.6. The van der Waals surface area contributed by atoms with Crippen molar-refractivity contribution in [1.82, 2.24) is 15.5 Å². The summed E-state index contributed by atoms with van der Waals surface area (Å²) in [6, 6.07) is 9.15. The Kier molecular flexibility index (Phi) is 4.99. The Hall–Kier alpha value is -2.97. The molecule has 1 aliphatic rings. The van der Waals surface area contributed by atoms with Crippen LogP contribution in [-0.2, 0) is 6.54 Å². The Morgan fingerprint density at radius 1 is 1.26 bits per heavy atom. The molecule has 0 radical (unpaired) electrons. The van der Waals surface area contributed by atoms with Gasteiger partial charge in [-0.25, -0.2) is 0 Å². The smallest absolute Gasteiger partial charge is 0.231 e. The lowest BCUT2D eigenvalue weighted by Crippen LogP contribution is -2.31. The lowest BCUT2D eigenvalue weighted by molar-refractivity contribution is 0.106. The van der Waals surface area contributed by atoms with Crippen molar-refractivity contribution >= 4 is 0 Å². The van der Waals surface area contributed by atoms with Crippen LogP contribution in [0.25, 0.3) is 11.5 Å². The molecule has 3 N–H and O–H groups in total. The molecule has 1 aliphatic heterocycles. The van der Waals surface area contributed by atoms with Gasteiger partial charge in [-0.05, 0) is 31.2 Å². The third kappa shape index (κ3) is 4.07. The van der Waals surface area contributed by atoms with Gasteiger partial charge < -0.3 is 29.1 Å². The maximum atomic E-state index is 10.1. The Morgan fingerprint density at radius 2 is 2.15 bits per heavy atom. The van der Waals surface area contributed by atoms with E-state index in [-0.39, 0.29) is 13.4 Å². The van der Waals surface area contributed by atoms with E-state index in [0.717, 1.165) is 22.8 Å². The van der Waals surface area contributed by atoms with Gasteiger partial charge >= 0.3 is 0 Å². The number of furan rings is 1. The maximum absolute atomic E-state index is 10.1. The molecule has 0 bridgehead atoms. The molecule has 2 aromatic heterocycles. The number of nitrogens with one attached hydrogen (secondary N) is 2. The fourth-order valence-corrected chi connectivity index (χ4v) is 2.82. The highest BCUT2D eigenvalue weighted by Crippen LogP contribution is 2.35. The molecular formula is C19H21N3O5. The minimum Gasteiger partial charge on any atom is -0.491 e. The van der Waals surface area contributed by atoms with Crippen molar-refractivity contribution in [3.8, 4) is 28.7 Å². The van der Waals surface area contributed by atoms with Crippen LogP contribution in [-0.4, -0.2) is 41.4 Å². The molecule has 0 spiro atoms. The van der Waals surface area contributed by atoms with E-state index in [0.29, 0.717) is 30.3 Å². The van der Waals surface area contributed by atoms with E-state index < -0.39 is 6.10 Å². The highest BCUT2D eigenvalue weighted by molar-refractivity contribution is 5.56. The van der Waals surface area contributed by atoms with Crippen molar-refractivity contribution in [2.24, 2.45) is 0 Å². The predicted molar refractivity (Wildman–Crippen MR) is 96.8 cm³/mol. The standard InChI is InChI=1S/C19H21N3O5/c1-12-2-4-17(27-12)19-13(8-21-22-19)7-20-9-14(23)10-24-15-3-5-16-18(6-15)26-11-25-16/h2-6,8,14,20,23H,7,9-11H2,1H3,(H,21,22)/t14-/m0/s1. The van der Waals surface area contributed by atoms with Crippen molar-refractivity contribution in [1.29, 1.82) is 0 Å². The molecule has 4 rings (SSSR count). The fourth-order valence-electron chi connectivity index (χ4n) is 2.82. The zero-order valence-electron chi connectivity index (χ0n) is 14.9. The molecule has 1 aromatic carbocycles. The number of rotatable bonds is 8. The van der Waals surface area contributed by atoms with E-state index >= 15 is 0 Å². The Morgan fingerprint density at radius 3 is 3.00 bits per heavy atom. The summed E-state index contributed by atoms with van der Waals surface area (Å²) in [5.74, 6) is 3.57. The van der Waals surface area contributed by atoms with Gasteiger partial charge in [0.15, 0.2) is 17.3 Å². The summed E-state index contributed by atoms with van der Waals surface area (Å²) < 4.78 is 21.8. The monoisotopic (exact) mass is 371 g/mol. The molecule has 0 saturated carbocycles. The summed E-state index contributed by atoms with van der Waals surface area (Å²) in [4.78, 5) is 0. The summed E-state index contributed by atoms with van der Waals surface area (Å²) in [5, 5.41) is 20.4. The molecule has 0 aliphatic carbocycles. The third-order valence-corrected chi connectivity index (χ3v) is 4.19. The number of hydrogen-bond acceptors (Lipinski definition) is 7. The molecule has 8 nitrogen and oxygen atoms in total. The van der Waals surface area contributed by atoms with Crippen LogP contribution in [0, 0.1) is 6.92 Å². The third-order valence-electron chi connectivity index (χ3n) is 4.19. The predicted octanol–water partition coefficient (Wildman–Crippen LogP) is 2.24. The van der Waals surface area contributed by atoms with Crippen LogP contribution in [0.5, 0.6) is 17.2 Å². The molecule has 0 fully saturated rings. The number of nitrogens with zero attached hydrogens (tertiary/aromatic N) is 1. The highest BCUT2D eigenvalue weighted by Gasteiger charge is 2.15. The summed E-state index contributed by atoms with van der Waals surface area (Å²) in [6.07, 6.45) is 1.09. The lowest BCUT2D eigenvalue weighted by atomic mass is 10.2. The van der Waals surface area contributed by atoms with Gasteiger partial charge in [0, 0.05) is 24.7 Å². The number of aliphatic hydroxyl groups excluding tert-OH is 1. The molecule has 142 valence electrons. The molecule has 0 unspecified atom stereocenters. The summed E-state index contributed by atoms with van der Waals surface area (Å²) in [6.45, 7) is 3.22. The van der Waals surface area contributed by atoms with Crippen LogP contribution in [0.3, 0.4) is 0 Å². The van der Waals surface area contributed by atoms with E-state index in [1.54, 1.807) is 24.4 Å². The number of benzene rings is 1. The Labute approximate surface area is 156 Å². The second-order valence-corrected chi connectivity index (χ2v) is 6.29. The number of fused-ring (bicyclic) bond motifs is 1. The second-order valence-electron chi connectivity index (χ2n) is 6.29. The fraction of sp³-hybridized carbons (Fsp3) is 0.316. The van der Waals surface area contributed by atoms with Crippen LogP contribution in [0.1, 0.15) is 11.3 Å². The first-order chi connectivity index (χ1) is 13.2.